The van der Waals surface area contributed by atoms with Gasteiger partial charge in [0.25, 0.3) is 0 Å². The van der Waals surface area contributed by atoms with E-state index in [0.29, 0.717) is 0 Å². The molecule has 1 heterocycles. The van der Waals surface area contributed by atoms with Gasteiger partial charge in [-0.3, -0.25) is 4.98 Å². The maximum Gasteiger partial charge on any atom is 0.0488 e. The molecule has 2 heteroatoms. The van der Waals surface area contributed by atoms with E-state index in [0.717, 1.165) is 15.8 Å². The summed E-state index contributed by atoms with van der Waals surface area (Å²) in [5, 5.41) is 3.04. The summed E-state index contributed by atoms with van der Waals surface area (Å²) in [4.78, 5) is 4.26. The highest BCUT2D eigenvalue weighted by Crippen LogP contribution is 2.33. The lowest BCUT2D eigenvalue weighted by Gasteiger charge is -2.21. The molecule has 1 nitrogen and oxygen atoms in total. The summed E-state index contributed by atoms with van der Waals surface area (Å²) in [6.07, 6.45) is 3.77. The van der Waals surface area contributed by atoms with Crippen molar-refractivity contribution >= 4 is 22.4 Å². The van der Waals surface area contributed by atoms with Crippen LogP contribution < -0.4 is 0 Å². The molecule has 0 fully saturated rings. The SMILES string of the molecule is CC(C)(C)c1cncc2cccc(Cl)c12. The number of hydrogen-bond acceptors (Lipinski definition) is 1. The van der Waals surface area contributed by atoms with Crippen molar-refractivity contribution in [2.24, 2.45) is 0 Å². The molecule has 0 amide bonds. The van der Waals surface area contributed by atoms with E-state index in [1.807, 2.05) is 30.6 Å². The molecule has 0 spiro atoms. The van der Waals surface area contributed by atoms with Crippen molar-refractivity contribution in [3.8, 4) is 0 Å². The van der Waals surface area contributed by atoms with Crippen LogP contribution in [0, 0.1) is 0 Å². The molecule has 0 atom stereocenters. The molecular weight excluding hydrogens is 206 g/mol. The monoisotopic (exact) mass is 219 g/mol. The number of benzene rings is 1. The standard InChI is InChI=1S/C13H14ClN/c1-13(2,3)10-8-15-7-9-5-4-6-11(14)12(9)10/h4-8H,1-3H3. The van der Waals surface area contributed by atoms with Crippen molar-refractivity contribution in [1.82, 2.24) is 4.98 Å². The smallest absolute Gasteiger partial charge is 0.0488 e. The second-order valence-electron chi connectivity index (χ2n) is 4.78. The predicted octanol–water partition coefficient (Wildman–Crippen LogP) is 4.19. The van der Waals surface area contributed by atoms with E-state index < -0.39 is 0 Å². The minimum Gasteiger partial charge on any atom is -0.264 e. The van der Waals surface area contributed by atoms with Gasteiger partial charge < -0.3 is 0 Å². The summed E-state index contributed by atoms with van der Waals surface area (Å²) in [6, 6.07) is 5.93. The number of fused-ring (bicyclic) bond motifs is 1. The first kappa shape index (κ1) is 10.4. The molecule has 0 aliphatic rings. The Morgan fingerprint density at radius 2 is 1.87 bits per heavy atom. The summed E-state index contributed by atoms with van der Waals surface area (Å²) in [5.41, 5.74) is 1.27. The van der Waals surface area contributed by atoms with E-state index >= 15 is 0 Å². The van der Waals surface area contributed by atoms with E-state index in [1.165, 1.54) is 5.56 Å². The van der Waals surface area contributed by atoms with Crippen LogP contribution in [0.25, 0.3) is 10.8 Å². The third kappa shape index (κ3) is 1.84. The highest BCUT2D eigenvalue weighted by Gasteiger charge is 2.18. The first-order valence-corrected chi connectivity index (χ1v) is 5.40. The van der Waals surface area contributed by atoms with Gasteiger partial charge in [-0.25, -0.2) is 0 Å². The van der Waals surface area contributed by atoms with Crippen LogP contribution >= 0.6 is 11.6 Å². The van der Waals surface area contributed by atoms with Gasteiger partial charge in [-0.05, 0) is 17.0 Å². The number of pyridine rings is 1. The van der Waals surface area contributed by atoms with Gasteiger partial charge in [0.1, 0.15) is 0 Å². The van der Waals surface area contributed by atoms with Crippen molar-refractivity contribution in [2.75, 3.05) is 0 Å². The van der Waals surface area contributed by atoms with Gasteiger partial charge >= 0.3 is 0 Å². The average molecular weight is 220 g/mol. The summed E-state index contributed by atoms with van der Waals surface area (Å²) in [5.74, 6) is 0. The van der Waals surface area contributed by atoms with Crippen molar-refractivity contribution in [1.29, 1.82) is 0 Å². The average Bonchev–Trinajstić information content (AvgIpc) is 2.16. The number of halogens is 1. The maximum absolute atomic E-state index is 6.24. The Kier molecular flexibility index (Phi) is 2.43. The molecule has 0 bridgehead atoms. The van der Waals surface area contributed by atoms with Gasteiger partial charge in [0.15, 0.2) is 0 Å². The molecule has 78 valence electrons. The van der Waals surface area contributed by atoms with Crippen molar-refractivity contribution < 1.29 is 0 Å². The lowest BCUT2D eigenvalue weighted by atomic mass is 9.85. The molecule has 0 N–H and O–H groups in total. The molecule has 0 radical (unpaired) electrons. The van der Waals surface area contributed by atoms with E-state index in [4.69, 9.17) is 11.6 Å². The maximum atomic E-state index is 6.24. The van der Waals surface area contributed by atoms with Gasteiger partial charge in [-0.2, -0.15) is 0 Å². The first-order valence-electron chi connectivity index (χ1n) is 5.03. The Hall–Kier alpha value is -1.08. The second-order valence-corrected chi connectivity index (χ2v) is 5.18. The topological polar surface area (TPSA) is 12.9 Å². The highest BCUT2D eigenvalue weighted by atomic mass is 35.5. The first-order chi connectivity index (χ1) is 7.00. The normalized spacial score (nSPS) is 12.0. The van der Waals surface area contributed by atoms with Crippen LogP contribution in [0.3, 0.4) is 0 Å². The fourth-order valence-electron chi connectivity index (χ4n) is 1.76. The fourth-order valence-corrected chi connectivity index (χ4v) is 2.04. The predicted molar refractivity (Wildman–Crippen MR) is 65.5 cm³/mol. The minimum absolute atomic E-state index is 0.0670. The number of nitrogens with zero attached hydrogens (tertiary/aromatic N) is 1. The Balaban J connectivity index is 2.86. The Morgan fingerprint density at radius 1 is 1.13 bits per heavy atom. The number of rotatable bonds is 0. The third-order valence-corrected chi connectivity index (χ3v) is 2.86. The van der Waals surface area contributed by atoms with E-state index in [2.05, 4.69) is 25.8 Å². The van der Waals surface area contributed by atoms with Gasteiger partial charge in [0, 0.05) is 28.2 Å². The zero-order valence-electron chi connectivity index (χ0n) is 9.21. The van der Waals surface area contributed by atoms with Gasteiger partial charge in [-0.15, -0.1) is 0 Å². The molecule has 1 aromatic carbocycles. The fraction of sp³-hybridized carbons (Fsp3) is 0.308. The molecule has 1 aromatic heterocycles. The van der Waals surface area contributed by atoms with E-state index in [9.17, 15) is 0 Å². The van der Waals surface area contributed by atoms with Crippen molar-refractivity contribution in [3.05, 3.63) is 41.2 Å². The Bertz CT molecular complexity index is 492. The van der Waals surface area contributed by atoms with E-state index in [-0.39, 0.29) is 5.41 Å². The molecule has 0 unspecified atom stereocenters. The number of hydrogen-bond donors (Lipinski definition) is 0. The van der Waals surface area contributed by atoms with Crippen molar-refractivity contribution in [2.45, 2.75) is 26.2 Å². The quantitative estimate of drug-likeness (QED) is 0.648. The molecule has 2 rings (SSSR count). The van der Waals surface area contributed by atoms with E-state index in [1.54, 1.807) is 0 Å². The molecule has 15 heavy (non-hydrogen) atoms. The van der Waals surface area contributed by atoms with Crippen LogP contribution in [0.2, 0.25) is 5.02 Å². The zero-order chi connectivity index (χ0) is 11.1. The molecular formula is C13H14ClN. The van der Waals surface area contributed by atoms with Crippen LogP contribution in [0.4, 0.5) is 0 Å². The number of aromatic nitrogens is 1. The summed E-state index contributed by atoms with van der Waals surface area (Å²) < 4.78 is 0. The van der Waals surface area contributed by atoms with Crippen LogP contribution in [0.15, 0.2) is 30.6 Å². The van der Waals surface area contributed by atoms with Crippen LogP contribution in [-0.4, -0.2) is 4.98 Å². The summed E-state index contributed by atoms with van der Waals surface area (Å²) >= 11 is 6.24. The van der Waals surface area contributed by atoms with Crippen molar-refractivity contribution in [3.63, 3.8) is 0 Å². The highest BCUT2D eigenvalue weighted by molar-refractivity contribution is 6.35. The second kappa shape index (κ2) is 3.49. The van der Waals surface area contributed by atoms with Gasteiger partial charge in [0.05, 0.1) is 0 Å². The lowest BCUT2D eigenvalue weighted by molar-refractivity contribution is 0.593. The largest absolute Gasteiger partial charge is 0.264 e. The molecule has 0 aliphatic carbocycles. The third-order valence-electron chi connectivity index (χ3n) is 2.54. The van der Waals surface area contributed by atoms with Crippen LogP contribution in [-0.2, 0) is 5.41 Å². The van der Waals surface area contributed by atoms with Gasteiger partial charge in [0.2, 0.25) is 0 Å². The Labute approximate surface area is 95.1 Å². The zero-order valence-corrected chi connectivity index (χ0v) is 9.97. The molecule has 0 saturated heterocycles. The summed E-state index contributed by atoms with van der Waals surface area (Å²) in [6.45, 7) is 6.52. The Morgan fingerprint density at radius 3 is 2.53 bits per heavy atom. The molecule has 0 aliphatic heterocycles. The van der Waals surface area contributed by atoms with Gasteiger partial charge in [-0.1, -0.05) is 44.5 Å². The minimum atomic E-state index is 0.0670. The summed E-state index contributed by atoms with van der Waals surface area (Å²) in [7, 11) is 0. The molecule has 0 saturated carbocycles. The molecule has 2 aromatic rings. The van der Waals surface area contributed by atoms with Crippen LogP contribution in [0.1, 0.15) is 26.3 Å². The van der Waals surface area contributed by atoms with Crippen LogP contribution in [0.5, 0.6) is 0 Å². The lowest BCUT2D eigenvalue weighted by Crippen LogP contribution is -2.12.